The van der Waals surface area contributed by atoms with Crippen LogP contribution in [0.3, 0.4) is 0 Å². The molecule has 0 spiro atoms. The zero-order chi connectivity index (χ0) is 22.7. The largest absolute Gasteiger partial charge is 0.392 e. The van der Waals surface area contributed by atoms with Gasteiger partial charge in [0.2, 0.25) is 0 Å². The van der Waals surface area contributed by atoms with E-state index in [1.807, 2.05) is 6.92 Å². The van der Waals surface area contributed by atoms with Crippen LogP contribution in [0.25, 0.3) is 11.3 Å². The van der Waals surface area contributed by atoms with Gasteiger partial charge in [-0.2, -0.15) is 10.4 Å². The molecular weight excluding hydrogens is 423 g/mol. The van der Waals surface area contributed by atoms with Gasteiger partial charge in [-0.05, 0) is 39.0 Å². The van der Waals surface area contributed by atoms with Crippen LogP contribution in [0.15, 0.2) is 30.6 Å². The van der Waals surface area contributed by atoms with E-state index in [4.69, 9.17) is 16.9 Å². The van der Waals surface area contributed by atoms with Crippen molar-refractivity contribution in [2.75, 3.05) is 0 Å². The second kappa shape index (κ2) is 9.29. The third kappa shape index (κ3) is 5.29. The highest BCUT2D eigenvalue weighted by atomic mass is 35.5. The summed E-state index contributed by atoms with van der Waals surface area (Å²) in [5.41, 5.74) is 1.02. The van der Waals surface area contributed by atoms with Gasteiger partial charge in [-0.1, -0.05) is 11.6 Å². The van der Waals surface area contributed by atoms with E-state index in [9.17, 15) is 14.3 Å². The van der Waals surface area contributed by atoms with Gasteiger partial charge < -0.3 is 15.0 Å². The number of aryl methyl sites for hydroxylation is 1. The Balaban J connectivity index is 1.66. The number of nitrogens with zero attached hydrogens (tertiary/aromatic N) is 5. The summed E-state index contributed by atoms with van der Waals surface area (Å²) in [4.78, 5) is 16.7. The molecule has 3 rings (SSSR count). The van der Waals surface area contributed by atoms with Crippen molar-refractivity contribution in [3.8, 4) is 17.3 Å². The van der Waals surface area contributed by atoms with Crippen LogP contribution in [0, 0.1) is 24.1 Å². The van der Waals surface area contributed by atoms with Crippen LogP contribution in [0.4, 0.5) is 4.39 Å². The lowest BCUT2D eigenvalue weighted by molar-refractivity contribution is 0.0931. The van der Waals surface area contributed by atoms with Gasteiger partial charge in [0.05, 0.1) is 23.4 Å². The van der Waals surface area contributed by atoms with Crippen molar-refractivity contribution < 1.29 is 14.3 Å². The summed E-state index contributed by atoms with van der Waals surface area (Å²) < 4.78 is 17.4. The summed E-state index contributed by atoms with van der Waals surface area (Å²) in [7, 11) is 0. The first-order chi connectivity index (χ1) is 14.7. The Hall–Kier alpha value is -3.22. The fraction of sp³-hybridized carbons (Fsp3) is 0.333. The number of imidazole rings is 1. The Morgan fingerprint density at radius 2 is 2.13 bits per heavy atom. The summed E-state index contributed by atoms with van der Waals surface area (Å²) in [6.07, 6.45) is 2.78. The van der Waals surface area contributed by atoms with Crippen LogP contribution >= 0.6 is 11.6 Å². The Morgan fingerprint density at radius 3 is 2.77 bits per heavy atom. The number of hydrogen-bond donors (Lipinski definition) is 2. The SMILES string of the molecule is Cc1nc(C(=O)NC(C)Cn2ccc(-c3cc(F)c(C#N)c(Cl)c3)n2)cn1C[C@@H](C)O. The number of aromatic nitrogens is 4. The van der Waals surface area contributed by atoms with Crippen LogP contribution in [0.2, 0.25) is 5.02 Å². The van der Waals surface area contributed by atoms with Gasteiger partial charge in [0.1, 0.15) is 29.0 Å². The summed E-state index contributed by atoms with van der Waals surface area (Å²) in [5.74, 6) is -0.387. The molecule has 1 aromatic carbocycles. The lowest BCUT2D eigenvalue weighted by Crippen LogP contribution is -2.36. The number of amides is 1. The Kier molecular flexibility index (Phi) is 6.73. The monoisotopic (exact) mass is 444 g/mol. The predicted molar refractivity (Wildman–Crippen MR) is 113 cm³/mol. The smallest absolute Gasteiger partial charge is 0.271 e. The number of hydrogen-bond acceptors (Lipinski definition) is 5. The maximum atomic E-state index is 14.0. The Labute approximate surface area is 183 Å². The number of aliphatic hydroxyl groups is 1. The molecule has 162 valence electrons. The van der Waals surface area contributed by atoms with Gasteiger partial charge in [-0.25, -0.2) is 9.37 Å². The molecule has 3 aromatic rings. The minimum absolute atomic E-state index is 0.0259. The molecule has 1 amide bonds. The standard InChI is InChI=1S/C21H22ClFN6O2/c1-12(25-21(31)20-11-28(10-13(2)30)14(3)26-20)9-29-5-4-19(27-29)15-6-17(22)16(8-24)18(23)7-15/h4-7,11-13,30H,9-10H2,1-3H3,(H,25,31)/t12?,13-/m1/s1. The third-order valence-electron chi connectivity index (χ3n) is 4.60. The topological polar surface area (TPSA) is 109 Å². The fourth-order valence-electron chi connectivity index (χ4n) is 3.16. The molecule has 10 heteroatoms. The van der Waals surface area contributed by atoms with Crippen molar-refractivity contribution in [2.24, 2.45) is 0 Å². The number of benzene rings is 1. The van der Waals surface area contributed by atoms with Crippen LogP contribution in [-0.4, -0.2) is 42.5 Å². The number of nitrogens with one attached hydrogen (secondary N) is 1. The van der Waals surface area contributed by atoms with Gasteiger partial charge >= 0.3 is 0 Å². The Bertz CT molecular complexity index is 1120. The van der Waals surface area contributed by atoms with Gasteiger partial charge in [-0.3, -0.25) is 9.48 Å². The van der Waals surface area contributed by atoms with E-state index in [0.29, 0.717) is 30.2 Å². The maximum Gasteiger partial charge on any atom is 0.271 e. The molecule has 0 fully saturated rings. The van der Waals surface area contributed by atoms with E-state index in [-0.39, 0.29) is 28.2 Å². The van der Waals surface area contributed by atoms with Gasteiger partial charge in [-0.15, -0.1) is 0 Å². The minimum atomic E-state index is -0.703. The molecule has 0 aliphatic rings. The lowest BCUT2D eigenvalue weighted by atomic mass is 10.1. The lowest BCUT2D eigenvalue weighted by Gasteiger charge is -2.13. The van der Waals surface area contributed by atoms with Gasteiger partial charge in [0, 0.05) is 30.5 Å². The van der Waals surface area contributed by atoms with E-state index in [1.165, 1.54) is 12.1 Å². The minimum Gasteiger partial charge on any atom is -0.392 e. The molecule has 0 aliphatic heterocycles. The zero-order valence-corrected chi connectivity index (χ0v) is 18.1. The molecular formula is C21H22ClFN6O2. The molecule has 0 saturated heterocycles. The first-order valence-corrected chi connectivity index (χ1v) is 10.0. The van der Waals surface area contributed by atoms with E-state index >= 15 is 0 Å². The van der Waals surface area contributed by atoms with Crippen molar-refractivity contribution in [3.05, 3.63) is 58.5 Å². The molecule has 2 atom stereocenters. The van der Waals surface area contributed by atoms with Crippen molar-refractivity contribution in [1.29, 1.82) is 5.26 Å². The average molecular weight is 445 g/mol. The van der Waals surface area contributed by atoms with E-state index in [1.54, 1.807) is 47.6 Å². The molecule has 31 heavy (non-hydrogen) atoms. The quantitative estimate of drug-likeness (QED) is 0.582. The molecule has 0 saturated carbocycles. The van der Waals surface area contributed by atoms with Crippen molar-refractivity contribution in [1.82, 2.24) is 24.6 Å². The zero-order valence-electron chi connectivity index (χ0n) is 17.3. The summed E-state index contributed by atoms with van der Waals surface area (Å²) in [6, 6.07) is 5.88. The number of nitriles is 1. The van der Waals surface area contributed by atoms with Crippen LogP contribution < -0.4 is 5.32 Å². The molecule has 2 N–H and O–H groups in total. The molecule has 1 unspecified atom stereocenters. The first kappa shape index (κ1) is 22.5. The molecule has 0 aliphatic carbocycles. The number of carbonyl (C=O) groups is 1. The molecule has 0 bridgehead atoms. The summed E-state index contributed by atoms with van der Waals surface area (Å²) in [6.45, 7) is 6.01. The summed E-state index contributed by atoms with van der Waals surface area (Å²) in [5, 5.41) is 25.7. The highest BCUT2D eigenvalue weighted by Crippen LogP contribution is 2.26. The molecule has 2 aromatic heterocycles. The third-order valence-corrected chi connectivity index (χ3v) is 4.90. The highest BCUT2D eigenvalue weighted by molar-refractivity contribution is 6.32. The average Bonchev–Trinajstić information content (AvgIpc) is 3.28. The van der Waals surface area contributed by atoms with Gasteiger partial charge in [0.15, 0.2) is 0 Å². The van der Waals surface area contributed by atoms with Crippen molar-refractivity contribution in [3.63, 3.8) is 0 Å². The molecule has 8 nitrogen and oxygen atoms in total. The van der Waals surface area contributed by atoms with Crippen LogP contribution in [0.5, 0.6) is 0 Å². The second-order valence-electron chi connectivity index (χ2n) is 7.40. The second-order valence-corrected chi connectivity index (χ2v) is 7.81. The number of aliphatic hydroxyl groups excluding tert-OH is 1. The van der Waals surface area contributed by atoms with Crippen LogP contribution in [0.1, 0.15) is 35.7 Å². The van der Waals surface area contributed by atoms with Crippen LogP contribution in [-0.2, 0) is 13.1 Å². The van der Waals surface area contributed by atoms with Crippen molar-refractivity contribution in [2.45, 2.75) is 46.0 Å². The molecule has 0 radical (unpaired) electrons. The number of rotatable bonds is 7. The number of halogens is 2. The van der Waals surface area contributed by atoms with E-state index < -0.39 is 11.9 Å². The Morgan fingerprint density at radius 1 is 1.39 bits per heavy atom. The van der Waals surface area contributed by atoms with E-state index in [0.717, 1.165) is 0 Å². The normalized spacial score (nSPS) is 12.9. The first-order valence-electron chi connectivity index (χ1n) is 9.63. The maximum absolute atomic E-state index is 14.0. The fourth-order valence-corrected chi connectivity index (χ4v) is 3.41. The predicted octanol–water partition coefficient (Wildman–Crippen LogP) is 2.92. The number of carbonyl (C=O) groups excluding carboxylic acids is 1. The van der Waals surface area contributed by atoms with Crippen molar-refractivity contribution >= 4 is 17.5 Å². The summed E-state index contributed by atoms with van der Waals surface area (Å²) >= 11 is 5.97. The van der Waals surface area contributed by atoms with Gasteiger partial charge in [0.25, 0.3) is 5.91 Å². The highest BCUT2D eigenvalue weighted by Gasteiger charge is 2.17. The van der Waals surface area contributed by atoms with E-state index in [2.05, 4.69) is 15.4 Å². The molecule has 2 heterocycles.